The molecule has 2 aliphatic rings. The van der Waals surface area contributed by atoms with Crippen LogP contribution in [0.2, 0.25) is 0 Å². The summed E-state index contributed by atoms with van der Waals surface area (Å²) in [5, 5.41) is 23.4. The summed E-state index contributed by atoms with van der Waals surface area (Å²) in [6.07, 6.45) is 4.08. The van der Waals surface area contributed by atoms with Gasteiger partial charge in [-0.1, -0.05) is 12.5 Å². The molecule has 0 saturated carbocycles. The molecule has 0 amide bonds. The summed E-state index contributed by atoms with van der Waals surface area (Å²) in [6, 6.07) is 2.09. The number of amidine groups is 1. The van der Waals surface area contributed by atoms with Gasteiger partial charge in [0.2, 0.25) is 0 Å². The van der Waals surface area contributed by atoms with Crippen LogP contribution in [0.25, 0.3) is 33.1 Å². The van der Waals surface area contributed by atoms with Gasteiger partial charge in [0, 0.05) is 40.7 Å². The zero-order valence-electron chi connectivity index (χ0n) is 20.8. The molecule has 0 bridgehead atoms. The third-order valence-electron chi connectivity index (χ3n) is 7.03. The Morgan fingerprint density at radius 1 is 1.36 bits per heavy atom. The summed E-state index contributed by atoms with van der Waals surface area (Å²) >= 11 is 1.01. The lowest BCUT2D eigenvalue weighted by molar-refractivity contribution is 0.134. The van der Waals surface area contributed by atoms with Crippen LogP contribution in [-0.2, 0) is 18.0 Å². The smallest absolute Gasteiger partial charge is 0.159 e. The maximum Gasteiger partial charge on any atom is 0.159 e. The van der Waals surface area contributed by atoms with Crippen molar-refractivity contribution >= 4 is 44.0 Å². The van der Waals surface area contributed by atoms with Crippen molar-refractivity contribution in [2.75, 3.05) is 18.8 Å². The number of benzene rings is 1. The van der Waals surface area contributed by atoms with Gasteiger partial charge >= 0.3 is 0 Å². The minimum absolute atomic E-state index is 0.0159. The number of aliphatic imine (C=N–C) groups is 1. The van der Waals surface area contributed by atoms with Crippen LogP contribution in [0.3, 0.4) is 0 Å². The van der Waals surface area contributed by atoms with Gasteiger partial charge in [-0.25, -0.2) is 9.38 Å². The second kappa shape index (κ2) is 9.19. The maximum absolute atomic E-state index is 14.7. The highest BCUT2D eigenvalue weighted by Gasteiger charge is 2.28. The van der Waals surface area contributed by atoms with Crippen LogP contribution in [0.1, 0.15) is 50.8 Å². The number of fused-ring (bicyclic) bond motifs is 2. The molecule has 1 unspecified atom stereocenters. The highest BCUT2D eigenvalue weighted by atomic mass is 32.1. The highest BCUT2D eigenvalue weighted by Crippen LogP contribution is 2.43. The Bertz CT molecular complexity index is 1600. The molecule has 3 N–H and O–H groups in total. The van der Waals surface area contributed by atoms with Crippen molar-refractivity contribution in [3.05, 3.63) is 39.1 Å². The van der Waals surface area contributed by atoms with E-state index in [1.165, 1.54) is 0 Å². The number of aromatic hydroxyl groups is 1. The van der Waals surface area contributed by atoms with Crippen molar-refractivity contribution in [2.24, 2.45) is 10.9 Å². The second-order valence-electron chi connectivity index (χ2n) is 9.72. The lowest BCUT2D eigenvalue weighted by Crippen LogP contribution is -2.32. The average Bonchev–Trinajstić information content (AvgIpc) is 3.56. The fraction of sp³-hybridized carbons (Fsp3) is 0.370. The molecule has 0 aliphatic carbocycles. The molecular formula is C27H28FN5O2S. The number of aromatic nitrogens is 1. The van der Waals surface area contributed by atoms with Crippen molar-refractivity contribution in [1.82, 2.24) is 9.88 Å². The Kier molecular flexibility index (Phi) is 6.18. The lowest BCUT2D eigenvalue weighted by atomic mass is 9.92. The standard InChI is InChI=1S/C27H28FN5O2S/c1-13(2)21-17(8-31-15(4)33-6-5-14(3)10-33)18-11-35-12-19(18)22(25(21)34)24-23-16(7-29)27(30)36-26(23)20(28)9-32-24/h8-9,14,34H,5-6,10-12,30H2,1-4H3/b17-8-,31-15?. The minimum atomic E-state index is -0.552. The van der Waals surface area contributed by atoms with Crippen LogP contribution in [-0.4, -0.2) is 33.9 Å². The van der Waals surface area contributed by atoms with E-state index in [9.17, 15) is 14.8 Å². The van der Waals surface area contributed by atoms with Crippen molar-refractivity contribution in [1.29, 1.82) is 5.26 Å². The van der Waals surface area contributed by atoms with Gasteiger partial charge in [-0.15, -0.1) is 11.3 Å². The summed E-state index contributed by atoms with van der Waals surface area (Å²) in [7, 11) is 0. The van der Waals surface area contributed by atoms with Crippen LogP contribution in [0.4, 0.5) is 9.39 Å². The number of nitriles is 1. The third-order valence-corrected chi connectivity index (χ3v) is 8.06. The Morgan fingerprint density at radius 3 is 2.78 bits per heavy atom. The number of hydrogen-bond donors (Lipinski definition) is 2. The predicted molar refractivity (Wildman–Crippen MR) is 141 cm³/mol. The SMILES string of the molecule is CC(=N/C=c1/c2c(c(-c3ncc(F)c4sc(N)c(C#N)c34)c(O)c1=C(C)C)COC2)N1CCC(C)C1. The number of likely N-dealkylation sites (tertiary alicyclic amines) is 1. The van der Waals surface area contributed by atoms with Crippen LogP contribution < -0.4 is 16.2 Å². The van der Waals surface area contributed by atoms with E-state index in [2.05, 4.69) is 22.9 Å². The van der Waals surface area contributed by atoms with Crippen LogP contribution >= 0.6 is 11.3 Å². The molecule has 1 fully saturated rings. The number of rotatable bonds is 2. The van der Waals surface area contributed by atoms with Gasteiger partial charge in [0.25, 0.3) is 0 Å². The molecule has 0 spiro atoms. The zero-order chi connectivity index (χ0) is 25.7. The van der Waals surface area contributed by atoms with E-state index in [1.54, 1.807) is 0 Å². The van der Waals surface area contributed by atoms with Gasteiger partial charge < -0.3 is 20.5 Å². The number of nitrogens with two attached hydrogens (primary N) is 1. The Hall–Kier alpha value is -3.48. The van der Waals surface area contributed by atoms with Gasteiger partial charge in [-0.2, -0.15) is 5.26 Å². The molecule has 186 valence electrons. The Balaban J connectivity index is 1.82. The third kappa shape index (κ3) is 3.81. The second-order valence-corrected chi connectivity index (χ2v) is 10.8. The molecule has 36 heavy (non-hydrogen) atoms. The highest BCUT2D eigenvalue weighted by molar-refractivity contribution is 7.23. The minimum Gasteiger partial charge on any atom is -0.507 e. The van der Waals surface area contributed by atoms with Gasteiger partial charge in [0.1, 0.15) is 22.7 Å². The number of ether oxygens (including phenoxy) is 1. The monoisotopic (exact) mass is 505 g/mol. The van der Waals surface area contributed by atoms with E-state index in [0.29, 0.717) is 34.4 Å². The molecule has 5 rings (SSSR count). The van der Waals surface area contributed by atoms with Gasteiger partial charge in [-0.3, -0.25) is 4.98 Å². The first-order valence-electron chi connectivity index (χ1n) is 11.9. The van der Waals surface area contributed by atoms with Crippen LogP contribution in [0, 0.1) is 23.1 Å². The number of pyridine rings is 1. The summed E-state index contributed by atoms with van der Waals surface area (Å²) < 4.78 is 20.7. The first kappa shape index (κ1) is 24.2. The normalized spacial score (nSPS) is 18.2. The van der Waals surface area contributed by atoms with Crippen LogP contribution in [0.5, 0.6) is 5.75 Å². The topological polar surface area (TPSA) is 108 Å². The Labute approximate surface area is 212 Å². The molecule has 2 aliphatic heterocycles. The maximum atomic E-state index is 14.7. The van der Waals surface area contributed by atoms with Crippen molar-refractivity contribution < 1.29 is 14.2 Å². The molecular weight excluding hydrogens is 477 g/mol. The van der Waals surface area contributed by atoms with Gasteiger partial charge in [-0.05, 0) is 44.2 Å². The van der Waals surface area contributed by atoms with E-state index in [-0.39, 0.29) is 27.6 Å². The average molecular weight is 506 g/mol. The number of nitrogens with zero attached hydrogens (tertiary/aromatic N) is 4. The molecule has 2 aromatic heterocycles. The number of halogens is 1. The summed E-state index contributed by atoms with van der Waals surface area (Å²) in [5.41, 5.74) is 9.55. The number of anilines is 1. The molecule has 7 nitrogen and oxygen atoms in total. The van der Waals surface area contributed by atoms with E-state index in [1.807, 2.05) is 27.0 Å². The quantitative estimate of drug-likeness (QED) is 0.403. The summed E-state index contributed by atoms with van der Waals surface area (Å²) in [4.78, 5) is 11.4. The van der Waals surface area contributed by atoms with Crippen molar-refractivity contribution in [3.63, 3.8) is 0 Å². The van der Waals surface area contributed by atoms with Crippen molar-refractivity contribution in [3.8, 4) is 23.1 Å². The van der Waals surface area contributed by atoms with Gasteiger partial charge in [0.15, 0.2) is 5.82 Å². The molecule has 3 aromatic rings. The largest absolute Gasteiger partial charge is 0.507 e. The fourth-order valence-electron chi connectivity index (χ4n) is 5.20. The predicted octanol–water partition coefficient (Wildman–Crippen LogP) is 3.98. The number of phenols is 1. The van der Waals surface area contributed by atoms with E-state index < -0.39 is 5.82 Å². The molecule has 1 aromatic carbocycles. The summed E-state index contributed by atoms with van der Waals surface area (Å²) in [5.74, 6) is 1.04. The van der Waals surface area contributed by atoms with Crippen molar-refractivity contribution in [2.45, 2.75) is 47.3 Å². The van der Waals surface area contributed by atoms with E-state index in [0.717, 1.165) is 64.8 Å². The first-order valence-corrected chi connectivity index (χ1v) is 12.7. The summed E-state index contributed by atoms with van der Waals surface area (Å²) in [6.45, 7) is 10.7. The number of nitrogen functional groups attached to an aromatic ring is 1. The molecule has 1 saturated heterocycles. The lowest BCUT2D eigenvalue weighted by Gasteiger charge is -2.17. The van der Waals surface area contributed by atoms with Gasteiger partial charge in [0.05, 0.1) is 35.4 Å². The molecule has 9 heteroatoms. The zero-order valence-corrected chi connectivity index (χ0v) is 21.6. The number of thiophene rings is 1. The Morgan fingerprint density at radius 2 is 2.11 bits per heavy atom. The molecule has 1 atom stereocenters. The number of hydrogen-bond acceptors (Lipinski definition) is 7. The molecule has 4 heterocycles. The molecule has 0 radical (unpaired) electrons. The fourth-order valence-corrected chi connectivity index (χ4v) is 6.12. The first-order chi connectivity index (χ1) is 17.2. The van der Waals surface area contributed by atoms with E-state index in [4.69, 9.17) is 15.5 Å². The van der Waals surface area contributed by atoms with Crippen LogP contribution in [0.15, 0.2) is 11.2 Å². The van der Waals surface area contributed by atoms with E-state index >= 15 is 0 Å². The number of phenolic OH excluding ortho intramolecular Hbond substituents is 1.